The van der Waals surface area contributed by atoms with Gasteiger partial charge in [-0.25, -0.2) is 0 Å². The van der Waals surface area contributed by atoms with Crippen LogP contribution in [0.2, 0.25) is 0 Å². The van der Waals surface area contributed by atoms with Crippen LogP contribution in [0.15, 0.2) is 60.7 Å². The molecule has 5 heterocycles. The molecule has 0 aromatic heterocycles. The molecule has 4 aromatic rings. The van der Waals surface area contributed by atoms with Crippen molar-refractivity contribution in [2.75, 3.05) is 61.5 Å². The van der Waals surface area contributed by atoms with E-state index in [9.17, 15) is 0 Å². The summed E-state index contributed by atoms with van der Waals surface area (Å²) in [5, 5.41) is 0. The van der Waals surface area contributed by atoms with Crippen LogP contribution in [0.25, 0.3) is 0 Å². The molecule has 0 N–H and O–H groups in total. The second kappa shape index (κ2) is 12.7. The summed E-state index contributed by atoms with van der Waals surface area (Å²) < 4.78 is 32.5. The normalized spacial score (nSPS) is 19.6. The van der Waals surface area contributed by atoms with Gasteiger partial charge in [0.25, 0.3) is 0 Å². The molecule has 0 saturated carbocycles. The molecule has 5 aliphatic rings. The van der Waals surface area contributed by atoms with E-state index in [0.717, 1.165) is 92.0 Å². The molecule has 4 aromatic carbocycles. The summed E-state index contributed by atoms with van der Waals surface area (Å²) in [6.07, 6.45) is 4.46. The van der Waals surface area contributed by atoms with Crippen LogP contribution in [0.4, 0.5) is 0 Å². The van der Waals surface area contributed by atoms with Gasteiger partial charge in [0.15, 0.2) is 34.5 Å². The van der Waals surface area contributed by atoms with Crippen LogP contribution in [0, 0.1) is 0 Å². The van der Waals surface area contributed by atoms with Gasteiger partial charge in [-0.15, -0.1) is 0 Å². The van der Waals surface area contributed by atoms with Gasteiger partial charge in [-0.2, -0.15) is 0 Å². The topological polar surface area (TPSA) is 55.9 Å². The van der Waals surface area contributed by atoms with Gasteiger partial charge in [-0.1, -0.05) is 18.2 Å². The number of rotatable bonds is 6. The molecule has 8 heteroatoms. The van der Waals surface area contributed by atoms with E-state index in [1.54, 1.807) is 7.11 Å². The highest BCUT2D eigenvalue weighted by atomic mass is 16.6. The number of methoxy groups -OCH3 is 1. The fourth-order valence-corrected chi connectivity index (χ4v) is 7.72. The number of hydrogen-bond acceptors (Lipinski definition) is 8. The van der Waals surface area contributed by atoms with Crippen LogP contribution >= 0.6 is 0 Å². The average molecular weight is 648 g/mol. The van der Waals surface area contributed by atoms with E-state index < -0.39 is 0 Å². The maximum atomic E-state index is 6.95. The Morgan fingerprint density at radius 3 is 2.23 bits per heavy atom. The van der Waals surface area contributed by atoms with Gasteiger partial charge in [0.2, 0.25) is 5.75 Å². The lowest BCUT2D eigenvalue weighted by molar-refractivity contribution is 0.218. The van der Waals surface area contributed by atoms with Gasteiger partial charge in [0, 0.05) is 37.3 Å². The average Bonchev–Trinajstić information content (AvgIpc) is 3.08. The predicted molar refractivity (Wildman–Crippen MR) is 187 cm³/mol. The molecule has 5 aliphatic heterocycles. The van der Waals surface area contributed by atoms with Gasteiger partial charge in [0.1, 0.15) is 5.75 Å². The Bertz CT molecular complexity index is 1840. The van der Waals surface area contributed by atoms with Crippen molar-refractivity contribution >= 4 is 0 Å². The van der Waals surface area contributed by atoms with E-state index in [1.807, 2.05) is 0 Å². The van der Waals surface area contributed by atoms with Crippen LogP contribution in [-0.2, 0) is 25.7 Å². The molecule has 0 spiro atoms. The lowest BCUT2D eigenvalue weighted by Crippen LogP contribution is -2.34. The summed E-state index contributed by atoms with van der Waals surface area (Å²) in [6, 6.07) is 21.8. The number of nitrogens with zero attached hydrogens (tertiary/aromatic N) is 3. The summed E-state index contributed by atoms with van der Waals surface area (Å²) in [4.78, 5) is 7.06. The zero-order chi connectivity index (χ0) is 32.9. The first-order chi connectivity index (χ1) is 23.3. The zero-order valence-corrected chi connectivity index (χ0v) is 28.7. The van der Waals surface area contributed by atoms with Crippen LogP contribution < -0.4 is 23.7 Å². The highest BCUT2D eigenvalue weighted by Gasteiger charge is 2.37. The Hall–Kier alpha value is -4.24. The molecule has 48 heavy (non-hydrogen) atoms. The molecule has 7 bridgehead atoms. The molecular formula is C40H45N3O5. The molecule has 9 rings (SSSR count). The van der Waals surface area contributed by atoms with Gasteiger partial charge in [0.05, 0.1) is 13.7 Å². The largest absolute Gasteiger partial charge is 0.493 e. The second-order valence-electron chi connectivity index (χ2n) is 13.9. The van der Waals surface area contributed by atoms with Gasteiger partial charge < -0.3 is 28.6 Å². The number of likely N-dealkylation sites (N-methyl/N-ethyl adjacent to an activating group) is 2. The SMILES string of the molecule is COc1cc2c3c4c1Oc1cc5c(cc1O4)C(Cc1ccc(OCCCN(C)C)c(c1)Oc1ccc(cc1)CC3N(C)CC2)N(C)CC5. The molecule has 0 radical (unpaired) electrons. The van der Waals surface area contributed by atoms with Crippen molar-refractivity contribution in [3.63, 3.8) is 0 Å². The van der Waals surface area contributed by atoms with Crippen molar-refractivity contribution < 1.29 is 23.7 Å². The highest BCUT2D eigenvalue weighted by Crippen LogP contribution is 2.56. The molecule has 8 nitrogen and oxygen atoms in total. The molecule has 250 valence electrons. The Labute approximate surface area is 283 Å². The summed E-state index contributed by atoms with van der Waals surface area (Å²) in [5.74, 6) is 6.00. The Kier molecular flexibility index (Phi) is 8.19. The smallest absolute Gasteiger partial charge is 0.212 e. The quantitative estimate of drug-likeness (QED) is 0.175. The van der Waals surface area contributed by atoms with Crippen LogP contribution in [0.3, 0.4) is 0 Å². The molecule has 0 aliphatic carbocycles. The van der Waals surface area contributed by atoms with E-state index >= 15 is 0 Å². The Balaban J connectivity index is 1.25. The summed E-state index contributed by atoms with van der Waals surface area (Å²) in [5.41, 5.74) is 7.43. The third-order valence-electron chi connectivity index (χ3n) is 10.4. The first-order valence-corrected chi connectivity index (χ1v) is 17.2. The molecule has 0 amide bonds. The van der Waals surface area contributed by atoms with Crippen LogP contribution in [0.1, 0.15) is 51.9 Å². The molecule has 0 fully saturated rings. The van der Waals surface area contributed by atoms with E-state index in [4.69, 9.17) is 23.7 Å². The van der Waals surface area contributed by atoms with E-state index in [1.165, 1.54) is 33.4 Å². The second-order valence-corrected chi connectivity index (χ2v) is 13.9. The number of benzene rings is 4. The minimum atomic E-state index is 0.111. The third kappa shape index (κ3) is 5.76. The highest BCUT2D eigenvalue weighted by molar-refractivity contribution is 5.67. The van der Waals surface area contributed by atoms with Crippen LogP contribution in [0.5, 0.6) is 46.0 Å². The first-order valence-electron chi connectivity index (χ1n) is 17.2. The summed E-state index contributed by atoms with van der Waals surface area (Å²) in [6.45, 7) is 3.51. The van der Waals surface area contributed by atoms with Crippen molar-refractivity contribution in [3.05, 3.63) is 94.0 Å². The number of fused-ring (bicyclic) bond motifs is 2. The van der Waals surface area contributed by atoms with Crippen molar-refractivity contribution in [1.29, 1.82) is 0 Å². The van der Waals surface area contributed by atoms with Gasteiger partial charge >= 0.3 is 0 Å². The zero-order valence-electron chi connectivity index (χ0n) is 28.7. The van der Waals surface area contributed by atoms with E-state index in [-0.39, 0.29) is 12.1 Å². The minimum absolute atomic E-state index is 0.111. The lowest BCUT2D eigenvalue weighted by Gasteiger charge is -2.39. The standard InChI is InChI=1S/C40H45N3O5/c1-41(2)15-6-18-45-33-12-9-26-20-31-30-24-36-35(22-27(30)13-16-42(31)3)47-39-37(44-5)23-28-14-17-43(4)32(38(28)40(39)48-36)19-25-7-10-29(11-8-25)46-34(33)21-26/h7-12,21-24,31-32H,6,13-20H2,1-5H3. The fourth-order valence-electron chi connectivity index (χ4n) is 7.72. The first kappa shape index (κ1) is 31.1. The van der Waals surface area contributed by atoms with Crippen molar-refractivity contribution in [2.45, 2.75) is 44.2 Å². The molecular weight excluding hydrogens is 602 g/mol. The van der Waals surface area contributed by atoms with E-state index in [2.05, 4.69) is 104 Å². The Morgan fingerprint density at radius 2 is 1.44 bits per heavy atom. The minimum Gasteiger partial charge on any atom is -0.493 e. The van der Waals surface area contributed by atoms with Crippen molar-refractivity contribution in [3.8, 4) is 46.0 Å². The maximum absolute atomic E-state index is 6.95. The van der Waals surface area contributed by atoms with Crippen LogP contribution in [-0.4, -0.2) is 76.2 Å². The monoisotopic (exact) mass is 647 g/mol. The van der Waals surface area contributed by atoms with E-state index in [0.29, 0.717) is 12.4 Å². The number of hydrogen-bond donors (Lipinski definition) is 0. The van der Waals surface area contributed by atoms with Crippen molar-refractivity contribution in [2.24, 2.45) is 0 Å². The Morgan fingerprint density at radius 1 is 0.729 bits per heavy atom. The third-order valence-corrected chi connectivity index (χ3v) is 10.4. The molecule has 2 atom stereocenters. The van der Waals surface area contributed by atoms with Crippen molar-refractivity contribution in [1.82, 2.24) is 14.7 Å². The molecule has 2 unspecified atom stereocenters. The summed E-state index contributed by atoms with van der Waals surface area (Å²) >= 11 is 0. The number of ether oxygens (including phenoxy) is 5. The molecule has 0 saturated heterocycles. The lowest BCUT2D eigenvalue weighted by atomic mass is 9.86. The van der Waals surface area contributed by atoms with Gasteiger partial charge in [-0.3, -0.25) is 9.80 Å². The summed E-state index contributed by atoms with van der Waals surface area (Å²) in [7, 11) is 10.3. The van der Waals surface area contributed by atoms with Gasteiger partial charge in [-0.05, 0) is 131 Å². The fraction of sp³-hybridized carbons (Fsp3) is 0.400. The predicted octanol–water partition coefficient (Wildman–Crippen LogP) is 7.57. The maximum Gasteiger partial charge on any atom is 0.212 e.